The average Bonchev–Trinajstić information content (AvgIpc) is 2.61. The molecule has 6 nitrogen and oxygen atoms in total. The second-order valence-corrected chi connectivity index (χ2v) is 5.72. The predicted octanol–water partition coefficient (Wildman–Crippen LogP) is 2.83. The van der Waals surface area contributed by atoms with Gasteiger partial charge in [-0.2, -0.15) is 0 Å². The first-order valence-corrected chi connectivity index (χ1v) is 7.88. The number of carbonyl (C=O) groups excluding carboxylic acids is 2. The van der Waals surface area contributed by atoms with Crippen LogP contribution in [0.3, 0.4) is 0 Å². The fourth-order valence-electron chi connectivity index (χ4n) is 1.98. The van der Waals surface area contributed by atoms with Gasteiger partial charge in [0.2, 0.25) is 5.91 Å². The van der Waals surface area contributed by atoms with Crippen LogP contribution in [-0.4, -0.2) is 32.6 Å². The van der Waals surface area contributed by atoms with E-state index in [1.807, 2.05) is 12.1 Å². The maximum atomic E-state index is 12.1. The molecule has 0 aliphatic heterocycles. The van der Waals surface area contributed by atoms with Gasteiger partial charge in [-0.25, -0.2) is 0 Å². The molecule has 7 heteroatoms. The van der Waals surface area contributed by atoms with Crippen LogP contribution in [0, 0.1) is 0 Å². The molecule has 0 heterocycles. The van der Waals surface area contributed by atoms with E-state index in [9.17, 15) is 9.59 Å². The first-order chi connectivity index (χ1) is 11.5. The van der Waals surface area contributed by atoms with Gasteiger partial charge >= 0.3 is 0 Å². The first kappa shape index (κ1) is 17.8. The SMILES string of the molecule is COc1ccc(C(=O)NCC(=O)Nc2ccc(Br)cc2)cc1OC. The lowest BCUT2D eigenvalue weighted by atomic mass is 10.2. The minimum Gasteiger partial charge on any atom is -0.493 e. The van der Waals surface area contributed by atoms with E-state index in [1.54, 1.807) is 30.3 Å². The molecule has 0 saturated carbocycles. The maximum absolute atomic E-state index is 12.1. The van der Waals surface area contributed by atoms with Gasteiger partial charge in [0.1, 0.15) is 0 Å². The standard InChI is InChI=1S/C17H17BrN2O4/c1-23-14-8-3-11(9-15(14)24-2)17(22)19-10-16(21)20-13-6-4-12(18)5-7-13/h3-9H,10H2,1-2H3,(H,19,22)(H,20,21). The van der Waals surface area contributed by atoms with Crippen LogP contribution in [0.5, 0.6) is 11.5 Å². The maximum Gasteiger partial charge on any atom is 0.251 e. The van der Waals surface area contributed by atoms with Gasteiger partial charge in [-0.05, 0) is 42.5 Å². The van der Waals surface area contributed by atoms with Crippen LogP contribution >= 0.6 is 15.9 Å². The van der Waals surface area contributed by atoms with Crippen molar-refractivity contribution in [2.45, 2.75) is 0 Å². The molecule has 0 unspecified atom stereocenters. The summed E-state index contributed by atoms with van der Waals surface area (Å²) in [7, 11) is 3.01. The Morgan fingerprint density at radius 3 is 2.29 bits per heavy atom. The molecule has 2 amide bonds. The van der Waals surface area contributed by atoms with Gasteiger partial charge in [0.05, 0.1) is 20.8 Å². The largest absolute Gasteiger partial charge is 0.493 e. The Kier molecular flexibility index (Phi) is 6.20. The highest BCUT2D eigenvalue weighted by atomic mass is 79.9. The summed E-state index contributed by atoms with van der Waals surface area (Å²) in [6.45, 7) is -0.136. The Morgan fingerprint density at radius 1 is 1.00 bits per heavy atom. The van der Waals surface area contributed by atoms with E-state index in [0.717, 1.165) is 4.47 Å². The normalized spacial score (nSPS) is 9.96. The highest BCUT2D eigenvalue weighted by molar-refractivity contribution is 9.10. The predicted molar refractivity (Wildman–Crippen MR) is 94.7 cm³/mol. The third-order valence-corrected chi connectivity index (χ3v) is 3.71. The van der Waals surface area contributed by atoms with E-state index >= 15 is 0 Å². The van der Waals surface area contributed by atoms with Gasteiger partial charge in [-0.3, -0.25) is 9.59 Å². The Labute approximate surface area is 148 Å². The van der Waals surface area contributed by atoms with Crippen LogP contribution in [0.25, 0.3) is 0 Å². The average molecular weight is 393 g/mol. The van der Waals surface area contributed by atoms with E-state index in [1.165, 1.54) is 14.2 Å². The van der Waals surface area contributed by atoms with E-state index in [0.29, 0.717) is 22.7 Å². The van der Waals surface area contributed by atoms with E-state index in [4.69, 9.17) is 9.47 Å². The summed E-state index contributed by atoms with van der Waals surface area (Å²) in [4.78, 5) is 24.0. The molecular weight excluding hydrogens is 376 g/mol. The van der Waals surface area contributed by atoms with Gasteiger partial charge in [0.25, 0.3) is 5.91 Å². The number of amides is 2. The number of halogens is 1. The highest BCUT2D eigenvalue weighted by Crippen LogP contribution is 2.27. The lowest BCUT2D eigenvalue weighted by Gasteiger charge is -2.10. The van der Waals surface area contributed by atoms with Crippen LogP contribution in [0.4, 0.5) is 5.69 Å². The molecule has 24 heavy (non-hydrogen) atoms. The van der Waals surface area contributed by atoms with Crippen molar-refractivity contribution in [3.8, 4) is 11.5 Å². The molecular formula is C17H17BrN2O4. The number of hydrogen-bond donors (Lipinski definition) is 2. The summed E-state index contributed by atoms with van der Waals surface area (Å²) < 4.78 is 11.2. The van der Waals surface area contributed by atoms with Crippen molar-refractivity contribution in [1.82, 2.24) is 5.32 Å². The summed E-state index contributed by atoms with van der Waals surface area (Å²) >= 11 is 3.32. The lowest BCUT2D eigenvalue weighted by molar-refractivity contribution is -0.115. The smallest absolute Gasteiger partial charge is 0.251 e. The van der Waals surface area contributed by atoms with Crippen LogP contribution in [0.2, 0.25) is 0 Å². The second kappa shape index (κ2) is 8.35. The summed E-state index contributed by atoms with van der Waals surface area (Å²) in [5.41, 5.74) is 1.03. The quantitative estimate of drug-likeness (QED) is 0.792. The number of anilines is 1. The molecule has 0 aliphatic rings. The topological polar surface area (TPSA) is 76.7 Å². The minimum absolute atomic E-state index is 0.136. The van der Waals surface area contributed by atoms with E-state index < -0.39 is 0 Å². The molecule has 0 bridgehead atoms. The molecule has 0 aliphatic carbocycles. The van der Waals surface area contributed by atoms with Gasteiger partial charge < -0.3 is 20.1 Å². The first-order valence-electron chi connectivity index (χ1n) is 7.09. The van der Waals surface area contributed by atoms with Crippen molar-refractivity contribution in [2.24, 2.45) is 0 Å². The number of benzene rings is 2. The zero-order valence-electron chi connectivity index (χ0n) is 13.3. The molecule has 2 rings (SSSR count). The number of methoxy groups -OCH3 is 2. The molecule has 0 aromatic heterocycles. The monoisotopic (exact) mass is 392 g/mol. The number of nitrogens with one attached hydrogen (secondary N) is 2. The van der Waals surface area contributed by atoms with Crippen molar-refractivity contribution in [3.63, 3.8) is 0 Å². The van der Waals surface area contributed by atoms with Gasteiger partial charge in [-0.15, -0.1) is 0 Å². The van der Waals surface area contributed by atoms with Crippen LogP contribution in [0.15, 0.2) is 46.9 Å². The molecule has 2 N–H and O–H groups in total. The zero-order chi connectivity index (χ0) is 17.5. The van der Waals surface area contributed by atoms with Crippen molar-refractivity contribution >= 4 is 33.4 Å². The minimum atomic E-state index is -0.373. The van der Waals surface area contributed by atoms with Crippen LogP contribution < -0.4 is 20.1 Å². The third-order valence-electron chi connectivity index (χ3n) is 3.18. The highest BCUT2D eigenvalue weighted by Gasteiger charge is 2.12. The van der Waals surface area contributed by atoms with Gasteiger partial charge in [0.15, 0.2) is 11.5 Å². The van der Waals surface area contributed by atoms with Crippen molar-refractivity contribution in [3.05, 3.63) is 52.5 Å². The molecule has 2 aromatic rings. The number of rotatable bonds is 6. The van der Waals surface area contributed by atoms with Crippen LogP contribution in [0.1, 0.15) is 10.4 Å². The summed E-state index contributed by atoms with van der Waals surface area (Å²) in [6, 6.07) is 12.0. The summed E-state index contributed by atoms with van der Waals surface area (Å²) in [5, 5.41) is 5.26. The van der Waals surface area contributed by atoms with Crippen molar-refractivity contribution in [2.75, 3.05) is 26.1 Å². The molecule has 2 aromatic carbocycles. The molecule has 0 saturated heterocycles. The number of ether oxygens (including phenoxy) is 2. The van der Waals surface area contributed by atoms with Gasteiger partial charge in [-0.1, -0.05) is 15.9 Å². The summed E-state index contributed by atoms with van der Waals surface area (Å²) in [5.74, 6) is 0.291. The van der Waals surface area contributed by atoms with E-state index in [2.05, 4.69) is 26.6 Å². The summed E-state index contributed by atoms with van der Waals surface area (Å²) in [6.07, 6.45) is 0. The Bertz CT molecular complexity index is 732. The number of carbonyl (C=O) groups is 2. The van der Waals surface area contributed by atoms with Crippen molar-refractivity contribution in [1.29, 1.82) is 0 Å². The fraction of sp³-hybridized carbons (Fsp3) is 0.176. The fourth-order valence-corrected chi connectivity index (χ4v) is 2.24. The molecule has 0 fully saturated rings. The Hall–Kier alpha value is -2.54. The van der Waals surface area contributed by atoms with Gasteiger partial charge in [0, 0.05) is 15.7 Å². The molecule has 0 atom stereocenters. The molecule has 0 spiro atoms. The Balaban J connectivity index is 1.92. The van der Waals surface area contributed by atoms with E-state index in [-0.39, 0.29) is 18.4 Å². The second-order valence-electron chi connectivity index (χ2n) is 4.81. The molecule has 126 valence electrons. The van der Waals surface area contributed by atoms with Crippen molar-refractivity contribution < 1.29 is 19.1 Å². The third kappa shape index (κ3) is 4.73. The number of hydrogen-bond acceptors (Lipinski definition) is 4. The van der Waals surface area contributed by atoms with Crippen LogP contribution in [-0.2, 0) is 4.79 Å². The molecule has 0 radical (unpaired) electrons. The Morgan fingerprint density at radius 2 is 1.67 bits per heavy atom. The zero-order valence-corrected chi connectivity index (χ0v) is 14.8. The lowest BCUT2D eigenvalue weighted by Crippen LogP contribution is -2.32.